The molecule has 0 saturated heterocycles. The van der Waals surface area contributed by atoms with Gasteiger partial charge in [-0.3, -0.25) is 11.3 Å². The molecule has 0 radical (unpaired) electrons. The fourth-order valence-corrected chi connectivity index (χ4v) is 3.91. The first-order valence-corrected chi connectivity index (χ1v) is 6.60. The molecule has 0 aromatic heterocycles. The topological polar surface area (TPSA) is 38.0 Å². The van der Waals surface area contributed by atoms with Gasteiger partial charge in [0.05, 0.1) is 6.04 Å². The van der Waals surface area contributed by atoms with E-state index >= 15 is 0 Å². The van der Waals surface area contributed by atoms with E-state index in [-0.39, 0.29) is 6.04 Å². The fourth-order valence-electron chi connectivity index (χ4n) is 3.91. The Morgan fingerprint density at radius 2 is 2.06 bits per heavy atom. The van der Waals surface area contributed by atoms with Gasteiger partial charge < -0.3 is 0 Å². The first-order chi connectivity index (χ1) is 8.70. The summed E-state index contributed by atoms with van der Waals surface area (Å²) >= 11 is 0. The molecule has 3 N–H and O–H groups in total. The van der Waals surface area contributed by atoms with Gasteiger partial charge in [0.15, 0.2) is 11.6 Å². The van der Waals surface area contributed by atoms with Crippen LogP contribution in [0.4, 0.5) is 8.78 Å². The van der Waals surface area contributed by atoms with Crippen LogP contribution in [0, 0.1) is 29.4 Å². The van der Waals surface area contributed by atoms with E-state index in [0.717, 1.165) is 18.4 Å². The average molecular weight is 252 g/mol. The summed E-state index contributed by atoms with van der Waals surface area (Å²) in [5.74, 6) is 5.74. The van der Waals surface area contributed by atoms with Crippen molar-refractivity contribution in [2.75, 3.05) is 0 Å². The second-order valence-electron chi connectivity index (χ2n) is 5.63. The number of rotatable bonds is 3. The summed E-state index contributed by atoms with van der Waals surface area (Å²) in [5, 5.41) is 0. The third kappa shape index (κ3) is 1.84. The van der Waals surface area contributed by atoms with E-state index in [2.05, 4.69) is 5.43 Å². The molecule has 3 rings (SSSR count). The van der Waals surface area contributed by atoms with Crippen molar-refractivity contribution < 1.29 is 8.78 Å². The van der Waals surface area contributed by atoms with E-state index in [1.54, 1.807) is 12.1 Å². The third-order valence-electron chi connectivity index (χ3n) is 4.72. The molecule has 2 fully saturated rings. The van der Waals surface area contributed by atoms with Gasteiger partial charge in [-0.05, 0) is 43.1 Å². The van der Waals surface area contributed by atoms with Crippen LogP contribution in [0.3, 0.4) is 0 Å². The zero-order valence-corrected chi connectivity index (χ0v) is 10.2. The number of hydrogen-bond donors (Lipinski definition) is 2. The lowest BCUT2D eigenvalue weighted by Gasteiger charge is -2.30. The molecular weight excluding hydrogens is 234 g/mol. The highest BCUT2D eigenvalue weighted by atomic mass is 19.2. The molecule has 0 heterocycles. The van der Waals surface area contributed by atoms with Crippen LogP contribution in [-0.4, -0.2) is 0 Å². The van der Waals surface area contributed by atoms with Gasteiger partial charge in [0.1, 0.15) is 0 Å². The first kappa shape index (κ1) is 12.1. The molecule has 0 amide bonds. The van der Waals surface area contributed by atoms with E-state index < -0.39 is 11.6 Å². The number of halogens is 2. The summed E-state index contributed by atoms with van der Waals surface area (Å²) in [5.41, 5.74) is 3.08. The van der Waals surface area contributed by atoms with Crippen LogP contribution >= 0.6 is 0 Å². The fraction of sp³-hybridized carbons (Fsp3) is 0.571. The highest BCUT2D eigenvalue weighted by Crippen LogP contribution is 2.52. The van der Waals surface area contributed by atoms with E-state index in [9.17, 15) is 8.78 Å². The maximum absolute atomic E-state index is 13.9. The highest BCUT2D eigenvalue weighted by Gasteiger charge is 2.43. The van der Waals surface area contributed by atoms with Crippen LogP contribution in [0.15, 0.2) is 18.2 Å². The van der Waals surface area contributed by atoms with Gasteiger partial charge in [-0.25, -0.2) is 8.78 Å². The Kier molecular flexibility index (Phi) is 3.08. The lowest BCUT2D eigenvalue weighted by Crippen LogP contribution is -2.36. The van der Waals surface area contributed by atoms with Crippen LogP contribution in [0.1, 0.15) is 37.3 Å². The van der Waals surface area contributed by atoms with Gasteiger partial charge in [0.25, 0.3) is 0 Å². The standard InChI is InChI=1S/C14H18F2N2/c15-12-3-1-2-10(13(12)16)14(18-17)11-7-8-4-5-9(11)6-8/h1-3,8-9,11,14,18H,4-7,17H2. The van der Waals surface area contributed by atoms with Crippen molar-refractivity contribution in [1.82, 2.24) is 5.43 Å². The molecule has 2 bridgehead atoms. The zero-order valence-electron chi connectivity index (χ0n) is 10.2. The first-order valence-electron chi connectivity index (χ1n) is 6.60. The summed E-state index contributed by atoms with van der Waals surface area (Å²) in [6.45, 7) is 0. The van der Waals surface area contributed by atoms with Crippen LogP contribution in [-0.2, 0) is 0 Å². The Morgan fingerprint density at radius 1 is 1.22 bits per heavy atom. The Balaban J connectivity index is 1.90. The van der Waals surface area contributed by atoms with Crippen molar-refractivity contribution in [3.63, 3.8) is 0 Å². The molecule has 2 nitrogen and oxygen atoms in total. The van der Waals surface area contributed by atoms with Gasteiger partial charge in [-0.15, -0.1) is 0 Å². The molecule has 0 aliphatic heterocycles. The molecule has 18 heavy (non-hydrogen) atoms. The molecule has 4 heteroatoms. The van der Waals surface area contributed by atoms with E-state index in [1.165, 1.54) is 19.3 Å². The molecule has 2 aliphatic carbocycles. The van der Waals surface area contributed by atoms with E-state index in [1.807, 2.05) is 0 Å². The van der Waals surface area contributed by atoms with Crippen molar-refractivity contribution in [2.45, 2.75) is 31.7 Å². The largest absolute Gasteiger partial charge is 0.271 e. The maximum atomic E-state index is 13.9. The van der Waals surface area contributed by atoms with Crippen molar-refractivity contribution >= 4 is 0 Å². The molecule has 2 saturated carbocycles. The Labute approximate surface area is 106 Å². The summed E-state index contributed by atoms with van der Waals surface area (Å²) in [4.78, 5) is 0. The van der Waals surface area contributed by atoms with Crippen LogP contribution in [0.2, 0.25) is 0 Å². The molecule has 4 atom stereocenters. The Morgan fingerprint density at radius 3 is 2.67 bits per heavy atom. The van der Waals surface area contributed by atoms with E-state index in [4.69, 9.17) is 5.84 Å². The Hall–Kier alpha value is -1.00. The predicted octanol–water partition coefficient (Wildman–Crippen LogP) is 2.91. The van der Waals surface area contributed by atoms with Gasteiger partial charge >= 0.3 is 0 Å². The second-order valence-corrected chi connectivity index (χ2v) is 5.63. The number of nitrogens with two attached hydrogens (primary N) is 1. The summed E-state index contributed by atoms with van der Waals surface area (Å²) in [6.07, 6.45) is 4.78. The van der Waals surface area contributed by atoms with Gasteiger partial charge in [0.2, 0.25) is 0 Å². The average Bonchev–Trinajstić information content (AvgIpc) is 2.98. The van der Waals surface area contributed by atoms with Crippen molar-refractivity contribution in [3.8, 4) is 0 Å². The molecule has 1 aromatic rings. The lowest BCUT2D eigenvalue weighted by atomic mass is 9.80. The number of hydrazine groups is 1. The second kappa shape index (κ2) is 4.59. The summed E-state index contributed by atoms with van der Waals surface area (Å²) in [7, 11) is 0. The van der Waals surface area contributed by atoms with Crippen LogP contribution in [0.25, 0.3) is 0 Å². The van der Waals surface area contributed by atoms with Crippen molar-refractivity contribution in [1.29, 1.82) is 0 Å². The molecular formula is C14H18F2N2. The monoisotopic (exact) mass is 252 g/mol. The summed E-state index contributed by atoms with van der Waals surface area (Å²) in [6, 6.07) is 4.06. The quantitative estimate of drug-likeness (QED) is 0.641. The van der Waals surface area contributed by atoms with E-state index in [0.29, 0.717) is 17.4 Å². The van der Waals surface area contributed by atoms with Gasteiger partial charge in [-0.1, -0.05) is 18.6 Å². The predicted molar refractivity (Wildman–Crippen MR) is 65.4 cm³/mol. The summed E-state index contributed by atoms with van der Waals surface area (Å²) < 4.78 is 27.2. The maximum Gasteiger partial charge on any atom is 0.163 e. The number of benzene rings is 1. The molecule has 98 valence electrons. The minimum absolute atomic E-state index is 0.268. The van der Waals surface area contributed by atoms with Crippen molar-refractivity contribution in [2.24, 2.45) is 23.6 Å². The van der Waals surface area contributed by atoms with Crippen molar-refractivity contribution in [3.05, 3.63) is 35.4 Å². The number of nitrogens with one attached hydrogen (secondary N) is 1. The molecule has 1 aromatic carbocycles. The third-order valence-corrected chi connectivity index (χ3v) is 4.72. The lowest BCUT2D eigenvalue weighted by molar-refractivity contribution is 0.246. The number of fused-ring (bicyclic) bond motifs is 2. The van der Waals surface area contributed by atoms with Gasteiger partial charge in [0, 0.05) is 5.56 Å². The minimum atomic E-state index is -0.795. The number of hydrogen-bond acceptors (Lipinski definition) is 2. The minimum Gasteiger partial charge on any atom is -0.271 e. The molecule has 2 aliphatic rings. The SMILES string of the molecule is NNC(c1cccc(F)c1F)C1CC2CCC1C2. The highest BCUT2D eigenvalue weighted by molar-refractivity contribution is 5.24. The zero-order chi connectivity index (χ0) is 12.7. The molecule has 0 spiro atoms. The van der Waals surface area contributed by atoms with Crippen LogP contribution < -0.4 is 11.3 Å². The Bertz CT molecular complexity index is 449. The molecule has 4 unspecified atom stereocenters. The van der Waals surface area contributed by atoms with Gasteiger partial charge in [-0.2, -0.15) is 0 Å². The smallest absolute Gasteiger partial charge is 0.163 e. The normalized spacial score (nSPS) is 31.8. The van der Waals surface area contributed by atoms with Crippen LogP contribution in [0.5, 0.6) is 0 Å².